The third kappa shape index (κ3) is 5.26. The fourth-order valence-corrected chi connectivity index (χ4v) is 3.82. The Morgan fingerprint density at radius 2 is 2.03 bits per heavy atom. The Morgan fingerprint density at radius 1 is 1.26 bits per heavy atom. The largest absolute Gasteiger partial charge is 0.465 e. The molecular weight excluding hydrogens is 445 g/mol. The Hall–Kier alpha value is -4.13. The van der Waals surface area contributed by atoms with Crippen molar-refractivity contribution in [2.75, 3.05) is 11.9 Å². The van der Waals surface area contributed by atoms with Crippen molar-refractivity contribution in [1.29, 1.82) is 0 Å². The Bertz CT molecular complexity index is 1280. The minimum Gasteiger partial charge on any atom is -0.465 e. The molecule has 0 spiro atoms. The lowest BCUT2D eigenvalue weighted by molar-refractivity contribution is 0.205. The van der Waals surface area contributed by atoms with Crippen LogP contribution >= 0.6 is 0 Å². The van der Waals surface area contributed by atoms with Crippen molar-refractivity contribution in [3.05, 3.63) is 42.6 Å². The predicted molar refractivity (Wildman–Crippen MR) is 121 cm³/mol. The number of rotatable bonds is 6. The topological polar surface area (TPSA) is 170 Å². The number of carboxylic acid groups (broad SMARTS) is 1. The van der Waals surface area contributed by atoms with E-state index in [1.807, 2.05) is 0 Å². The first-order chi connectivity index (χ1) is 16.4. The summed E-state index contributed by atoms with van der Waals surface area (Å²) in [5.74, 6) is 0.129. The van der Waals surface area contributed by atoms with Gasteiger partial charge in [0.05, 0.1) is 31.2 Å². The average molecular weight is 469 g/mol. The maximum atomic E-state index is 14.9. The maximum Gasteiger partial charge on any atom is 0.402 e. The molecule has 13 heteroatoms. The highest BCUT2D eigenvalue weighted by Crippen LogP contribution is 2.26. The molecule has 5 rings (SSSR count). The minimum absolute atomic E-state index is 0.0264. The first kappa shape index (κ1) is 23.0. The molecule has 3 heterocycles. The Balaban J connectivity index is 0.000000636. The summed E-state index contributed by atoms with van der Waals surface area (Å²) in [4.78, 5) is 17.7. The summed E-state index contributed by atoms with van der Waals surface area (Å²) in [6.07, 6.45) is 8.22. The molecule has 0 unspecified atom stereocenters. The summed E-state index contributed by atoms with van der Waals surface area (Å²) in [7, 11) is 0. The lowest BCUT2D eigenvalue weighted by atomic mass is 10.1. The zero-order chi connectivity index (χ0) is 24.1. The first-order valence-electron chi connectivity index (χ1n) is 10.7. The molecule has 12 nitrogen and oxygen atoms in total. The van der Waals surface area contributed by atoms with Gasteiger partial charge in [0.2, 0.25) is 5.95 Å². The number of benzene rings is 1. The number of nitrogens with zero attached hydrogens (tertiary/aromatic N) is 7. The number of amides is 1. The van der Waals surface area contributed by atoms with Crippen LogP contribution in [0.5, 0.6) is 0 Å². The molecule has 34 heavy (non-hydrogen) atoms. The number of aliphatic hydroxyl groups is 1. The molecule has 1 aliphatic rings. The molecule has 1 amide bonds. The van der Waals surface area contributed by atoms with Gasteiger partial charge in [-0.05, 0) is 25.0 Å². The number of nitrogens with one attached hydrogen (secondary N) is 1. The molecular formula is C21H24FN9O3. The van der Waals surface area contributed by atoms with E-state index in [1.165, 1.54) is 23.6 Å². The van der Waals surface area contributed by atoms with Gasteiger partial charge in [-0.15, -0.1) is 5.10 Å². The third-order valence-corrected chi connectivity index (χ3v) is 5.35. The summed E-state index contributed by atoms with van der Waals surface area (Å²) in [6, 6.07) is 5.23. The predicted octanol–water partition coefficient (Wildman–Crippen LogP) is 2.18. The maximum absolute atomic E-state index is 14.9. The van der Waals surface area contributed by atoms with Gasteiger partial charge in [-0.25, -0.2) is 14.2 Å². The van der Waals surface area contributed by atoms with Crippen LogP contribution in [-0.4, -0.2) is 63.7 Å². The van der Waals surface area contributed by atoms with Crippen molar-refractivity contribution in [1.82, 2.24) is 34.7 Å². The fourth-order valence-electron chi connectivity index (χ4n) is 3.82. The van der Waals surface area contributed by atoms with E-state index in [2.05, 4.69) is 36.4 Å². The van der Waals surface area contributed by atoms with Gasteiger partial charge in [0.25, 0.3) is 0 Å². The molecule has 5 N–H and O–H groups in total. The molecule has 178 valence electrons. The van der Waals surface area contributed by atoms with E-state index in [9.17, 15) is 4.39 Å². The van der Waals surface area contributed by atoms with Gasteiger partial charge in [-0.2, -0.15) is 14.8 Å². The normalized spacial score (nSPS) is 13.6. The standard InChI is InChI=1S/C20H21FN8O.CH3NO2/c21-17-9-15(5-6-16(17)13-10-23-28(12-13)7-8-30)29-19-18(26-27-29)11-22-20(25-19)24-14-3-1-2-4-14;2-1(3)4/h5-6,9-12,14,30H,1-4,7-8H2,(H,22,24,25);2H2,(H,3,4). The molecule has 3 aromatic heterocycles. The smallest absolute Gasteiger partial charge is 0.402 e. The van der Waals surface area contributed by atoms with Crippen LogP contribution in [0.4, 0.5) is 15.1 Å². The Kier molecular flexibility index (Phi) is 6.92. The van der Waals surface area contributed by atoms with Crippen molar-refractivity contribution >= 4 is 23.2 Å². The van der Waals surface area contributed by atoms with Crippen LogP contribution < -0.4 is 11.1 Å². The van der Waals surface area contributed by atoms with Gasteiger partial charge < -0.3 is 21.3 Å². The second-order valence-corrected chi connectivity index (χ2v) is 7.75. The van der Waals surface area contributed by atoms with Crippen LogP contribution in [0, 0.1) is 5.82 Å². The summed E-state index contributed by atoms with van der Waals surface area (Å²) in [6.45, 7) is 0.336. The third-order valence-electron chi connectivity index (χ3n) is 5.35. The quantitative estimate of drug-likeness (QED) is 0.330. The van der Waals surface area contributed by atoms with E-state index in [0.29, 0.717) is 46.5 Å². The van der Waals surface area contributed by atoms with E-state index < -0.39 is 11.9 Å². The Morgan fingerprint density at radius 3 is 2.74 bits per heavy atom. The molecule has 0 radical (unpaired) electrons. The summed E-state index contributed by atoms with van der Waals surface area (Å²) < 4.78 is 18.0. The van der Waals surface area contributed by atoms with Crippen LogP contribution in [0.1, 0.15) is 25.7 Å². The summed E-state index contributed by atoms with van der Waals surface area (Å²) in [5, 5.41) is 31.9. The number of hydrogen-bond acceptors (Lipinski definition) is 8. The number of aromatic nitrogens is 7. The number of halogens is 1. The van der Waals surface area contributed by atoms with Gasteiger partial charge in [-0.1, -0.05) is 18.1 Å². The molecule has 0 bridgehead atoms. The van der Waals surface area contributed by atoms with E-state index in [0.717, 1.165) is 12.8 Å². The van der Waals surface area contributed by atoms with E-state index >= 15 is 0 Å². The van der Waals surface area contributed by atoms with Crippen LogP contribution in [0.25, 0.3) is 28.0 Å². The van der Waals surface area contributed by atoms with Crippen molar-refractivity contribution in [2.45, 2.75) is 38.3 Å². The molecule has 1 saturated carbocycles. The minimum atomic E-state index is -1.33. The van der Waals surface area contributed by atoms with Crippen molar-refractivity contribution < 1.29 is 19.4 Å². The lowest BCUT2D eigenvalue weighted by Gasteiger charge is -2.11. The number of nitrogens with two attached hydrogens (primary N) is 1. The van der Waals surface area contributed by atoms with E-state index in [4.69, 9.17) is 15.0 Å². The number of primary amides is 1. The average Bonchev–Trinajstić information content (AvgIpc) is 3.55. The van der Waals surface area contributed by atoms with Gasteiger partial charge in [0, 0.05) is 29.4 Å². The monoisotopic (exact) mass is 469 g/mol. The summed E-state index contributed by atoms with van der Waals surface area (Å²) in [5.41, 5.74) is 6.68. The number of carbonyl (C=O) groups is 1. The molecule has 4 aromatic rings. The lowest BCUT2D eigenvalue weighted by Crippen LogP contribution is -2.16. The van der Waals surface area contributed by atoms with Gasteiger partial charge in [0.1, 0.15) is 5.82 Å². The molecule has 0 aliphatic heterocycles. The Labute approximate surface area is 193 Å². The van der Waals surface area contributed by atoms with Crippen LogP contribution in [-0.2, 0) is 6.54 Å². The highest BCUT2D eigenvalue weighted by molar-refractivity contribution is 5.72. The van der Waals surface area contributed by atoms with Gasteiger partial charge in [0.15, 0.2) is 11.2 Å². The number of hydrogen-bond donors (Lipinski definition) is 4. The van der Waals surface area contributed by atoms with Crippen LogP contribution in [0.2, 0.25) is 0 Å². The fraction of sp³-hybridized carbons (Fsp3) is 0.333. The molecule has 0 saturated heterocycles. The van der Waals surface area contributed by atoms with Crippen molar-refractivity contribution in [3.8, 4) is 16.8 Å². The van der Waals surface area contributed by atoms with Gasteiger partial charge >= 0.3 is 6.09 Å². The molecule has 1 fully saturated rings. The second kappa shape index (κ2) is 10.2. The van der Waals surface area contributed by atoms with Crippen LogP contribution in [0.3, 0.4) is 0 Å². The second-order valence-electron chi connectivity index (χ2n) is 7.75. The zero-order valence-electron chi connectivity index (χ0n) is 18.2. The number of aliphatic hydroxyl groups excluding tert-OH is 1. The molecule has 0 atom stereocenters. The highest BCUT2D eigenvalue weighted by Gasteiger charge is 2.18. The van der Waals surface area contributed by atoms with Crippen molar-refractivity contribution in [3.63, 3.8) is 0 Å². The van der Waals surface area contributed by atoms with E-state index in [1.54, 1.807) is 35.4 Å². The number of fused-ring (bicyclic) bond motifs is 1. The first-order valence-corrected chi connectivity index (χ1v) is 10.7. The van der Waals surface area contributed by atoms with Crippen molar-refractivity contribution in [2.24, 2.45) is 5.73 Å². The van der Waals surface area contributed by atoms with E-state index in [-0.39, 0.29) is 6.61 Å². The molecule has 1 aliphatic carbocycles. The highest BCUT2D eigenvalue weighted by atomic mass is 19.1. The zero-order valence-corrected chi connectivity index (χ0v) is 18.2. The van der Waals surface area contributed by atoms with Crippen LogP contribution in [0.15, 0.2) is 36.8 Å². The number of anilines is 1. The summed E-state index contributed by atoms with van der Waals surface area (Å²) >= 11 is 0. The van der Waals surface area contributed by atoms with Gasteiger partial charge in [-0.3, -0.25) is 4.68 Å². The SMILES string of the molecule is NC(=O)O.OCCn1cc(-c2ccc(-n3nnc4cnc(NC5CCCC5)nc43)cc2F)cn1. The molecule has 1 aromatic carbocycles.